The summed E-state index contributed by atoms with van der Waals surface area (Å²) >= 11 is 0. The van der Waals surface area contributed by atoms with Crippen molar-refractivity contribution in [3.63, 3.8) is 0 Å². The minimum absolute atomic E-state index is 1.04. The summed E-state index contributed by atoms with van der Waals surface area (Å²) in [4.78, 5) is 4.84. The van der Waals surface area contributed by atoms with E-state index in [1.165, 1.54) is 37.8 Å². The van der Waals surface area contributed by atoms with E-state index >= 15 is 0 Å². The fourth-order valence-corrected chi connectivity index (χ4v) is 9.52. The lowest BCUT2D eigenvalue weighted by molar-refractivity contribution is 1.17. The van der Waals surface area contributed by atoms with Gasteiger partial charge in [0.1, 0.15) is 0 Å². The molecule has 0 aliphatic heterocycles. The molecule has 0 atom stereocenters. The van der Waals surface area contributed by atoms with Gasteiger partial charge in [-0.3, -0.25) is 0 Å². The topological polar surface area (TPSA) is 16.3 Å². The van der Waals surface area contributed by atoms with E-state index in [9.17, 15) is 0 Å². The molecule has 0 unspecified atom stereocenters. The lowest BCUT2D eigenvalue weighted by Gasteiger charge is -2.30. The van der Waals surface area contributed by atoms with Gasteiger partial charge in [0.2, 0.25) is 0 Å². The molecular weight excluding hydrogens is 753 g/mol. The Hall–Kier alpha value is -8.34. The predicted molar refractivity (Wildman–Crippen MR) is 262 cm³/mol. The van der Waals surface area contributed by atoms with Crippen LogP contribution in [0.2, 0.25) is 0 Å². The van der Waals surface area contributed by atoms with Crippen LogP contribution in [0.3, 0.4) is 0 Å². The minimum atomic E-state index is 1.04. The Bertz CT molecular complexity index is 3530. The van der Waals surface area contributed by atoms with E-state index < -0.39 is 0 Å². The van der Waals surface area contributed by atoms with Gasteiger partial charge in [-0.15, -0.1) is 0 Å². The monoisotopic (exact) mass is 792 g/mol. The average molecular weight is 793 g/mol. The molecule has 10 aromatic carbocycles. The Morgan fingerprint density at radius 3 is 1.44 bits per heavy atom. The quantitative estimate of drug-likeness (QED) is 0.152. The van der Waals surface area contributed by atoms with Gasteiger partial charge in [0.15, 0.2) is 0 Å². The number of hydrogen-bond donors (Lipinski definition) is 0. The molecule has 0 saturated carbocycles. The van der Waals surface area contributed by atoms with Crippen LogP contribution in [0, 0.1) is 0 Å². The number of hydrogen-bond acceptors (Lipinski definition) is 2. The summed E-state index contributed by atoms with van der Waals surface area (Å²) in [5.74, 6) is 0. The summed E-state index contributed by atoms with van der Waals surface area (Å²) < 4.78 is 4.86. The van der Waals surface area contributed by atoms with Gasteiger partial charge in [0.25, 0.3) is 0 Å². The van der Waals surface area contributed by atoms with E-state index in [0.29, 0.717) is 0 Å². The Morgan fingerprint density at radius 1 is 0.258 bits per heavy atom. The van der Waals surface area contributed by atoms with Crippen molar-refractivity contribution in [3.05, 3.63) is 243 Å². The zero-order valence-electron chi connectivity index (χ0n) is 33.9. The van der Waals surface area contributed by atoms with E-state index in [4.69, 9.17) is 0 Å². The SMILES string of the molecule is c1ccc(N(c2ccc3c4ccccc4n(-c4ccccc4)c3c2)c2cc(N(c3ccccc3)c3ccccc3)c3c4ccccc4n(-c4ccc5ccccc5c4)c3c2)cc1. The van der Waals surface area contributed by atoms with Gasteiger partial charge < -0.3 is 18.9 Å². The summed E-state index contributed by atoms with van der Waals surface area (Å²) in [5.41, 5.74) is 13.3. The molecule has 0 bridgehead atoms. The molecule has 0 saturated heterocycles. The normalized spacial score (nSPS) is 11.5. The highest BCUT2D eigenvalue weighted by Crippen LogP contribution is 2.49. The van der Waals surface area contributed by atoms with Crippen molar-refractivity contribution < 1.29 is 0 Å². The number of aromatic nitrogens is 2. The van der Waals surface area contributed by atoms with Gasteiger partial charge in [-0.1, -0.05) is 146 Å². The van der Waals surface area contributed by atoms with Crippen molar-refractivity contribution >= 4 is 88.5 Å². The summed E-state index contributed by atoms with van der Waals surface area (Å²) in [7, 11) is 0. The van der Waals surface area contributed by atoms with Gasteiger partial charge in [0, 0.05) is 55.7 Å². The van der Waals surface area contributed by atoms with Crippen LogP contribution >= 0.6 is 0 Å². The molecule has 0 radical (unpaired) electrons. The van der Waals surface area contributed by atoms with Crippen molar-refractivity contribution in [1.29, 1.82) is 0 Å². The first-order chi connectivity index (χ1) is 30.8. The summed E-state index contributed by atoms with van der Waals surface area (Å²) in [6, 6.07) is 87.8. The van der Waals surface area contributed by atoms with Gasteiger partial charge in [0.05, 0.1) is 33.4 Å². The Morgan fingerprint density at radius 2 is 0.758 bits per heavy atom. The first-order valence-corrected chi connectivity index (χ1v) is 21.2. The summed E-state index contributed by atoms with van der Waals surface area (Å²) in [6.07, 6.45) is 0. The van der Waals surface area contributed by atoms with Gasteiger partial charge in [-0.05, 0) is 108 Å². The Labute approximate surface area is 360 Å². The highest BCUT2D eigenvalue weighted by molar-refractivity contribution is 6.18. The van der Waals surface area contributed by atoms with Gasteiger partial charge in [-0.25, -0.2) is 0 Å². The van der Waals surface area contributed by atoms with Crippen LogP contribution in [0.1, 0.15) is 0 Å². The van der Waals surface area contributed by atoms with E-state index in [0.717, 1.165) is 62.0 Å². The maximum Gasteiger partial charge on any atom is 0.0583 e. The third-order valence-electron chi connectivity index (χ3n) is 12.2. The van der Waals surface area contributed by atoms with Crippen LogP contribution in [-0.2, 0) is 0 Å². The number of para-hydroxylation sites is 6. The van der Waals surface area contributed by atoms with Crippen LogP contribution in [0.25, 0.3) is 65.8 Å². The second-order valence-corrected chi connectivity index (χ2v) is 15.8. The maximum absolute atomic E-state index is 2.46. The number of fused-ring (bicyclic) bond motifs is 7. The fraction of sp³-hybridized carbons (Fsp3) is 0. The third kappa shape index (κ3) is 5.84. The number of rotatable bonds is 8. The summed E-state index contributed by atoms with van der Waals surface area (Å²) in [6.45, 7) is 0. The molecule has 62 heavy (non-hydrogen) atoms. The van der Waals surface area contributed by atoms with E-state index in [2.05, 4.69) is 262 Å². The van der Waals surface area contributed by atoms with Crippen LogP contribution in [0.5, 0.6) is 0 Å². The van der Waals surface area contributed by atoms with Crippen LogP contribution in [0.15, 0.2) is 243 Å². The largest absolute Gasteiger partial charge is 0.310 e. The molecule has 0 amide bonds. The van der Waals surface area contributed by atoms with E-state index in [1.54, 1.807) is 0 Å². The van der Waals surface area contributed by atoms with Crippen LogP contribution in [-0.4, -0.2) is 9.13 Å². The molecule has 2 heterocycles. The third-order valence-corrected chi connectivity index (χ3v) is 12.2. The highest BCUT2D eigenvalue weighted by atomic mass is 15.2. The Kier molecular flexibility index (Phi) is 8.46. The van der Waals surface area contributed by atoms with Crippen molar-refractivity contribution in [2.24, 2.45) is 0 Å². The second-order valence-electron chi connectivity index (χ2n) is 15.8. The number of benzene rings is 10. The molecule has 12 aromatic rings. The predicted octanol–water partition coefficient (Wildman–Crippen LogP) is 16.0. The number of nitrogens with zero attached hydrogens (tertiary/aromatic N) is 4. The zero-order chi connectivity index (χ0) is 41.0. The lowest BCUT2D eigenvalue weighted by atomic mass is 10.0. The van der Waals surface area contributed by atoms with Gasteiger partial charge in [-0.2, -0.15) is 0 Å². The molecule has 0 spiro atoms. The summed E-state index contributed by atoms with van der Waals surface area (Å²) in [5, 5.41) is 7.24. The molecule has 0 N–H and O–H groups in total. The maximum atomic E-state index is 2.46. The molecule has 0 fully saturated rings. The standard InChI is InChI=1S/C58H40N4/c1-5-21-43(22-6-1)59(48-35-36-51-50-29-15-17-31-53(50)61(55(51)38-48)46-27-11-4-12-28-46)49-39-56(60(44-23-7-2-8-24-44)45-25-9-3-10-26-45)58-52-30-16-18-32-54(52)62(57(58)40-49)47-34-33-41-19-13-14-20-42(41)37-47/h1-40H. The minimum Gasteiger partial charge on any atom is -0.310 e. The second kappa shape index (κ2) is 14.7. The molecular formula is C58H40N4. The van der Waals surface area contributed by atoms with Crippen molar-refractivity contribution in [3.8, 4) is 11.4 Å². The molecule has 292 valence electrons. The zero-order valence-corrected chi connectivity index (χ0v) is 33.9. The smallest absolute Gasteiger partial charge is 0.0583 e. The highest BCUT2D eigenvalue weighted by Gasteiger charge is 2.25. The van der Waals surface area contributed by atoms with Gasteiger partial charge >= 0.3 is 0 Å². The van der Waals surface area contributed by atoms with Crippen LogP contribution in [0.4, 0.5) is 34.1 Å². The lowest BCUT2D eigenvalue weighted by Crippen LogP contribution is -2.14. The Balaban J connectivity index is 1.20. The molecule has 4 heteroatoms. The first kappa shape index (κ1) is 35.6. The molecule has 0 aliphatic rings. The molecule has 12 rings (SSSR count). The van der Waals surface area contributed by atoms with E-state index in [-0.39, 0.29) is 0 Å². The molecule has 2 aromatic heterocycles. The van der Waals surface area contributed by atoms with E-state index in [1.807, 2.05) is 0 Å². The van der Waals surface area contributed by atoms with Crippen LogP contribution < -0.4 is 9.80 Å². The molecule has 4 nitrogen and oxygen atoms in total. The number of anilines is 6. The molecule has 0 aliphatic carbocycles. The fourth-order valence-electron chi connectivity index (χ4n) is 9.52. The average Bonchev–Trinajstić information content (AvgIpc) is 3.85. The van der Waals surface area contributed by atoms with Crippen molar-refractivity contribution in [2.45, 2.75) is 0 Å². The first-order valence-electron chi connectivity index (χ1n) is 21.2. The van der Waals surface area contributed by atoms with Crippen molar-refractivity contribution in [1.82, 2.24) is 9.13 Å². The van der Waals surface area contributed by atoms with Crippen molar-refractivity contribution in [2.75, 3.05) is 9.80 Å².